The molecule has 1 aliphatic heterocycles. The second-order valence-corrected chi connectivity index (χ2v) is 2.66. The average Bonchev–Trinajstić information content (AvgIpc) is 2.00. The summed E-state index contributed by atoms with van der Waals surface area (Å²) in [7, 11) is 1.63. The first-order valence-electron chi connectivity index (χ1n) is 3.60. The number of nitrogens with one attached hydrogen (secondary N) is 1. The molecule has 1 fully saturated rings. The molecule has 0 aromatic rings. The van der Waals surface area contributed by atoms with Gasteiger partial charge in [0.25, 0.3) is 0 Å². The molecule has 1 aliphatic rings. The van der Waals surface area contributed by atoms with Gasteiger partial charge in [-0.2, -0.15) is 0 Å². The molecular formula is C9H18N2O3. The van der Waals surface area contributed by atoms with E-state index in [-0.39, 0.29) is 27.3 Å². The first-order valence-corrected chi connectivity index (χ1v) is 3.60. The van der Waals surface area contributed by atoms with Gasteiger partial charge in [-0.05, 0) is 14.0 Å². The van der Waals surface area contributed by atoms with Gasteiger partial charge in [-0.3, -0.25) is 19.3 Å². The number of hydrogen-bond donors (Lipinski definition) is 1. The molecule has 1 saturated heterocycles. The lowest BCUT2D eigenvalue weighted by atomic mass is 9.94. The van der Waals surface area contributed by atoms with Crippen LogP contribution in [0.15, 0.2) is 0 Å². The van der Waals surface area contributed by atoms with Crippen molar-refractivity contribution >= 4 is 17.6 Å². The highest BCUT2D eigenvalue weighted by atomic mass is 16.2. The van der Waals surface area contributed by atoms with Crippen molar-refractivity contribution in [1.82, 2.24) is 10.2 Å². The van der Waals surface area contributed by atoms with Crippen LogP contribution in [0.2, 0.25) is 0 Å². The molecule has 0 spiro atoms. The molecular weight excluding hydrogens is 184 g/mol. The van der Waals surface area contributed by atoms with Gasteiger partial charge in [0.2, 0.25) is 11.8 Å². The van der Waals surface area contributed by atoms with E-state index in [0.29, 0.717) is 0 Å². The number of nitrogens with zero attached hydrogens (tertiary/aromatic N) is 1. The van der Waals surface area contributed by atoms with Crippen molar-refractivity contribution in [3.8, 4) is 0 Å². The van der Waals surface area contributed by atoms with E-state index in [2.05, 4.69) is 5.32 Å². The molecule has 2 amide bonds. The molecule has 0 radical (unpaired) electrons. The number of carbonyl (C=O) groups excluding carboxylic acids is 3. The van der Waals surface area contributed by atoms with Gasteiger partial charge >= 0.3 is 0 Å². The van der Waals surface area contributed by atoms with Crippen LogP contribution in [-0.2, 0) is 14.4 Å². The fraction of sp³-hybridized carbons (Fsp3) is 0.667. The van der Waals surface area contributed by atoms with Gasteiger partial charge in [-0.25, -0.2) is 0 Å². The van der Waals surface area contributed by atoms with Crippen LogP contribution in [0, 0.1) is 5.92 Å². The summed E-state index contributed by atoms with van der Waals surface area (Å²) in [6, 6.07) is 0. The number of likely N-dealkylation sites (tertiary alicyclic amines) is 1. The number of hydrogen-bond acceptors (Lipinski definition) is 4. The summed E-state index contributed by atoms with van der Waals surface area (Å²) >= 11 is 0. The lowest BCUT2D eigenvalue weighted by Gasteiger charge is -2.33. The minimum atomic E-state index is -1.03. The van der Waals surface area contributed by atoms with Crippen LogP contribution < -0.4 is 5.32 Å². The second kappa shape index (κ2) is 5.49. The Labute approximate surface area is 84.5 Å². The zero-order valence-corrected chi connectivity index (χ0v) is 6.96. The number of imide groups is 1. The lowest BCUT2D eigenvalue weighted by Crippen LogP contribution is -2.61. The molecule has 14 heavy (non-hydrogen) atoms. The third kappa shape index (κ3) is 2.17. The van der Waals surface area contributed by atoms with Crippen LogP contribution >= 0.6 is 0 Å². The number of ketones is 1. The highest BCUT2D eigenvalue weighted by molar-refractivity contribution is 6.29. The fourth-order valence-electron chi connectivity index (χ4n) is 1.12. The van der Waals surface area contributed by atoms with Gasteiger partial charge in [0.15, 0.2) is 11.7 Å². The molecule has 0 saturated carbocycles. The lowest BCUT2D eigenvalue weighted by molar-refractivity contribution is -0.167. The Morgan fingerprint density at radius 3 is 2.07 bits per heavy atom. The van der Waals surface area contributed by atoms with Crippen LogP contribution in [-0.4, -0.2) is 36.2 Å². The zero-order chi connectivity index (χ0) is 9.30. The van der Waals surface area contributed by atoms with E-state index in [1.54, 1.807) is 7.05 Å². The van der Waals surface area contributed by atoms with Gasteiger partial charge in [-0.1, -0.05) is 14.9 Å². The summed E-state index contributed by atoms with van der Waals surface area (Å²) in [5.41, 5.74) is 0. The highest BCUT2D eigenvalue weighted by Gasteiger charge is 2.48. The van der Waals surface area contributed by atoms with Crippen molar-refractivity contribution < 1.29 is 14.4 Å². The van der Waals surface area contributed by atoms with Crippen molar-refractivity contribution in [2.75, 3.05) is 13.7 Å². The normalized spacial score (nSPS) is 15.4. The SMILES string of the molecule is C.C.CNCN1C(=O)C(C(C)=O)C1=O. The number of rotatable bonds is 3. The molecule has 0 aromatic heterocycles. The van der Waals surface area contributed by atoms with Crippen LogP contribution in [0.1, 0.15) is 21.8 Å². The van der Waals surface area contributed by atoms with Crippen LogP contribution in [0.3, 0.4) is 0 Å². The maximum absolute atomic E-state index is 11.0. The summed E-state index contributed by atoms with van der Waals surface area (Å²) in [5.74, 6) is -2.21. The topological polar surface area (TPSA) is 66.5 Å². The van der Waals surface area contributed by atoms with E-state index in [1.165, 1.54) is 6.92 Å². The predicted octanol–water partition coefficient (Wildman–Crippen LogP) is 0.00950. The number of carbonyl (C=O) groups is 3. The predicted molar refractivity (Wildman–Crippen MR) is 53.4 cm³/mol. The zero-order valence-electron chi connectivity index (χ0n) is 6.96. The standard InChI is InChI=1S/C7H10N2O3.2CH4/c1-4(10)5-6(11)9(3-8-2)7(5)12;;/h5,8H,3H2,1-2H3;2*1H4. The van der Waals surface area contributed by atoms with Crippen molar-refractivity contribution in [3.05, 3.63) is 0 Å². The largest absolute Gasteiger partial charge is 0.302 e. The quantitative estimate of drug-likeness (QED) is 0.517. The van der Waals surface area contributed by atoms with E-state index in [9.17, 15) is 14.4 Å². The van der Waals surface area contributed by atoms with E-state index >= 15 is 0 Å². The first-order chi connectivity index (χ1) is 5.59. The van der Waals surface area contributed by atoms with Gasteiger partial charge in [-0.15, -0.1) is 0 Å². The summed E-state index contributed by atoms with van der Waals surface area (Å²) in [4.78, 5) is 33.8. The summed E-state index contributed by atoms with van der Waals surface area (Å²) in [6.07, 6.45) is 0. The summed E-state index contributed by atoms with van der Waals surface area (Å²) in [5, 5.41) is 2.66. The van der Waals surface area contributed by atoms with Gasteiger partial charge in [0.1, 0.15) is 0 Å². The summed E-state index contributed by atoms with van der Waals surface area (Å²) in [6.45, 7) is 1.43. The Kier molecular flexibility index (Phi) is 5.98. The molecule has 82 valence electrons. The smallest absolute Gasteiger partial charge is 0.250 e. The Balaban J connectivity index is 0. The highest BCUT2D eigenvalue weighted by Crippen LogP contribution is 2.19. The minimum Gasteiger partial charge on any atom is -0.302 e. The van der Waals surface area contributed by atoms with Crippen LogP contribution in [0.25, 0.3) is 0 Å². The Morgan fingerprint density at radius 2 is 1.79 bits per heavy atom. The Morgan fingerprint density at radius 1 is 1.36 bits per heavy atom. The maximum Gasteiger partial charge on any atom is 0.250 e. The second-order valence-electron chi connectivity index (χ2n) is 2.66. The minimum absolute atomic E-state index is 0. The van der Waals surface area contributed by atoms with Crippen LogP contribution in [0.4, 0.5) is 0 Å². The van der Waals surface area contributed by atoms with E-state index in [0.717, 1.165) is 4.90 Å². The molecule has 5 heteroatoms. The van der Waals surface area contributed by atoms with Crippen molar-refractivity contribution in [2.45, 2.75) is 21.8 Å². The van der Waals surface area contributed by atoms with Gasteiger partial charge in [0.05, 0.1) is 6.67 Å². The number of Topliss-reactive ketones (excluding diaryl/α,β-unsaturated/α-hetero) is 1. The Hall–Kier alpha value is -1.23. The van der Waals surface area contributed by atoms with Crippen molar-refractivity contribution in [1.29, 1.82) is 0 Å². The molecule has 0 atom stereocenters. The van der Waals surface area contributed by atoms with E-state index in [4.69, 9.17) is 0 Å². The summed E-state index contributed by atoms with van der Waals surface area (Å²) < 4.78 is 0. The number of β-lactam (4-membered cyclic amide) rings is 2. The molecule has 5 nitrogen and oxygen atoms in total. The molecule has 0 aromatic carbocycles. The molecule has 1 heterocycles. The van der Waals surface area contributed by atoms with E-state index < -0.39 is 17.7 Å². The maximum atomic E-state index is 11.0. The molecule has 0 bridgehead atoms. The van der Waals surface area contributed by atoms with Crippen molar-refractivity contribution in [3.63, 3.8) is 0 Å². The molecule has 0 aliphatic carbocycles. The fourth-order valence-corrected chi connectivity index (χ4v) is 1.12. The first kappa shape index (κ1) is 15.3. The Bertz CT molecular complexity index is 234. The molecule has 1 N–H and O–H groups in total. The van der Waals surface area contributed by atoms with Gasteiger partial charge < -0.3 is 5.32 Å². The van der Waals surface area contributed by atoms with Crippen molar-refractivity contribution in [2.24, 2.45) is 5.92 Å². The average molecular weight is 202 g/mol. The third-order valence-corrected chi connectivity index (χ3v) is 1.75. The third-order valence-electron chi connectivity index (χ3n) is 1.75. The van der Waals surface area contributed by atoms with E-state index in [1.807, 2.05) is 0 Å². The number of amides is 2. The van der Waals surface area contributed by atoms with Crippen LogP contribution in [0.5, 0.6) is 0 Å². The van der Waals surface area contributed by atoms with Gasteiger partial charge in [0, 0.05) is 0 Å². The molecule has 0 unspecified atom stereocenters. The monoisotopic (exact) mass is 202 g/mol. The molecule has 1 rings (SSSR count).